The fourth-order valence-electron chi connectivity index (χ4n) is 2.96. The lowest BCUT2D eigenvalue weighted by Crippen LogP contribution is -2.25. The van der Waals surface area contributed by atoms with Crippen molar-refractivity contribution in [1.82, 2.24) is 5.32 Å². The van der Waals surface area contributed by atoms with Gasteiger partial charge in [0.2, 0.25) is 0 Å². The number of carbonyl (C=O) groups is 1. The first kappa shape index (κ1) is 17.1. The Morgan fingerprint density at radius 2 is 2.04 bits per heavy atom. The number of carbonyl (C=O) groups excluding carboxylic acids is 1. The van der Waals surface area contributed by atoms with Gasteiger partial charge < -0.3 is 11.1 Å². The number of amides is 1. The number of benzene rings is 1. The maximum absolute atomic E-state index is 14.6. The molecule has 2 rings (SSSR count). The fourth-order valence-corrected chi connectivity index (χ4v) is 2.96. The van der Waals surface area contributed by atoms with Crippen LogP contribution in [-0.4, -0.2) is 24.7 Å². The van der Waals surface area contributed by atoms with E-state index < -0.39 is 5.91 Å². The summed E-state index contributed by atoms with van der Waals surface area (Å²) in [5.41, 5.74) is 9.58. The summed E-state index contributed by atoms with van der Waals surface area (Å²) in [4.78, 5) is 11.3. The zero-order valence-electron chi connectivity index (χ0n) is 13.7. The van der Waals surface area contributed by atoms with Gasteiger partial charge in [-0.05, 0) is 68.2 Å². The molecule has 0 atom stereocenters. The Morgan fingerprint density at radius 1 is 1.35 bits per heavy atom. The van der Waals surface area contributed by atoms with E-state index in [1.54, 1.807) is 0 Å². The number of allylic oxidation sites excluding steroid dienone is 1. The molecule has 0 aliphatic carbocycles. The van der Waals surface area contributed by atoms with Crippen LogP contribution in [0.5, 0.6) is 0 Å². The molecule has 0 saturated heterocycles. The molecule has 1 heterocycles. The van der Waals surface area contributed by atoms with Crippen molar-refractivity contribution in [3.63, 3.8) is 0 Å². The number of primary amides is 1. The second-order valence-corrected chi connectivity index (χ2v) is 5.96. The Hall–Kier alpha value is -2.27. The van der Waals surface area contributed by atoms with Crippen LogP contribution in [0.2, 0.25) is 0 Å². The van der Waals surface area contributed by atoms with E-state index in [1.807, 2.05) is 26.8 Å². The van der Waals surface area contributed by atoms with Gasteiger partial charge in [0.1, 0.15) is 11.5 Å². The van der Waals surface area contributed by atoms with Gasteiger partial charge in [-0.25, -0.2) is 4.39 Å². The third kappa shape index (κ3) is 3.74. The topological polar surface area (TPSA) is 79.0 Å². The molecule has 0 bridgehead atoms. The van der Waals surface area contributed by atoms with E-state index in [0.717, 1.165) is 35.2 Å². The normalized spacial score (nSPS) is 15.7. The lowest BCUT2D eigenvalue weighted by molar-refractivity contribution is -0.111. The number of rotatable bonds is 4. The molecule has 0 saturated carbocycles. The molecule has 0 spiro atoms. The quantitative estimate of drug-likeness (QED) is 0.747. The van der Waals surface area contributed by atoms with E-state index in [-0.39, 0.29) is 11.5 Å². The highest BCUT2D eigenvalue weighted by atomic mass is 19.1. The van der Waals surface area contributed by atoms with Crippen molar-refractivity contribution in [3.05, 3.63) is 51.9 Å². The van der Waals surface area contributed by atoms with Crippen LogP contribution in [0.3, 0.4) is 0 Å². The highest BCUT2D eigenvalue weighted by molar-refractivity contribution is 6.42. The largest absolute Gasteiger partial charge is 0.364 e. The minimum absolute atomic E-state index is 0.321. The Labute approximate surface area is 135 Å². The number of hydrogen-bond acceptors (Lipinski definition) is 3. The van der Waals surface area contributed by atoms with Crippen molar-refractivity contribution < 1.29 is 9.18 Å². The third-order valence-electron chi connectivity index (χ3n) is 4.04. The average molecular weight is 315 g/mol. The van der Waals surface area contributed by atoms with Gasteiger partial charge in [-0.3, -0.25) is 10.2 Å². The van der Waals surface area contributed by atoms with Crippen molar-refractivity contribution in [3.8, 4) is 0 Å². The lowest BCUT2D eigenvalue weighted by Gasteiger charge is -2.23. The summed E-state index contributed by atoms with van der Waals surface area (Å²) in [6, 6.07) is 3.37. The van der Waals surface area contributed by atoms with Crippen LogP contribution in [0, 0.1) is 25.1 Å². The molecule has 1 aliphatic heterocycles. The number of halogens is 1. The van der Waals surface area contributed by atoms with Gasteiger partial charge in [0.15, 0.2) is 0 Å². The molecular formula is C18H22FN3O. The van der Waals surface area contributed by atoms with Gasteiger partial charge in [0.25, 0.3) is 5.91 Å². The predicted molar refractivity (Wildman–Crippen MR) is 91.0 cm³/mol. The Morgan fingerprint density at radius 3 is 2.61 bits per heavy atom. The molecule has 1 aromatic rings. The van der Waals surface area contributed by atoms with Gasteiger partial charge in [-0.2, -0.15) is 0 Å². The highest BCUT2D eigenvalue weighted by Crippen LogP contribution is 2.33. The van der Waals surface area contributed by atoms with Gasteiger partial charge in [-0.1, -0.05) is 11.6 Å². The summed E-state index contributed by atoms with van der Waals surface area (Å²) in [5.74, 6) is -1.16. The summed E-state index contributed by atoms with van der Waals surface area (Å²) >= 11 is 0. The Bertz CT molecular complexity index is 709. The maximum atomic E-state index is 14.6. The van der Waals surface area contributed by atoms with Crippen LogP contribution in [0.1, 0.15) is 30.0 Å². The second-order valence-electron chi connectivity index (χ2n) is 5.96. The standard InChI is InChI=1S/C18H22FN3O/c1-10-6-11(2)17(15(19)7-10)14(8-16(20)18(21)23)13-4-5-22-9-12(13)3/h6-8,20,22H,4-5,9H2,1-3H3,(H2,21,23)/b14-8+,20-16?. The first-order chi connectivity index (χ1) is 10.8. The van der Waals surface area contributed by atoms with Crippen LogP contribution in [0.15, 0.2) is 29.4 Å². The number of hydrogen-bond donors (Lipinski definition) is 3. The number of aryl methyl sites for hydroxylation is 2. The molecule has 1 amide bonds. The molecule has 4 N–H and O–H groups in total. The van der Waals surface area contributed by atoms with Gasteiger partial charge >= 0.3 is 0 Å². The van der Waals surface area contributed by atoms with E-state index in [4.69, 9.17) is 11.1 Å². The minimum Gasteiger partial charge on any atom is -0.364 e. The first-order valence-electron chi connectivity index (χ1n) is 7.58. The molecule has 1 aromatic carbocycles. The molecule has 0 aromatic heterocycles. The van der Waals surface area contributed by atoms with E-state index in [9.17, 15) is 9.18 Å². The molecule has 1 aliphatic rings. The van der Waals surface area contributed by atoms with E-state index >= 15 is 0 Å². The summed E-state index contributed by atoms with van der Waals surface area (Å²) in [6.07, 6.45) is 2.11. The van der Waals surface area contributed by atoms with E-state index in [0.29, 0.717) is 17.7 Å². The van der Waals surface area contributed by atoms with Crippen molar-refractivity contribution in [2.24, 2.45) is 5.73 Å². The van der Waals surface area contributed by atoms with Crippen LogP contribution < -0.4 is 11.1 Å². The van der Waals surface area contributed by atoms with Crippen molar-refractivity contribution >= 4 is 17.2 Å². The molecule has 122 valence electrons. The molecule has 0 radical (unpaired) electrons. The SMILES string of the molecule is CC1=C(/C(=C\C(=N)C(N)=O)c2c(C)cc(C)cc2F)CCNC1. The fraction of sp³-hybridized carbons (Fsp3) is 0.333. The van der Waals surface area contributed by atoms with E-state index in [1.165, 1.54) is 12.1 Å². The summed E-state index contributed by atoms with van der Waals surface area (Å²) in [7, 11) is 0. The van der Waals surface area contributed by atoms with Crippen LogP contribution in [0.25, 0.3) is 5.57 Å². The summed E-state index contributed by atoms with van der Waals surface area (Å²) < 4.78 is 14.6. The Kier molecular flexibility index (Phi) is 5.11. The number of nitrogens with one attached hydrogen (secondary N) is 2. The lowest BCUT2D eigenvalue weighted by atomic mass is 9.86. The smallest absolute Gasteiger partial charge is 0.266 e. The average Bonchev–Trinajstić information content (AvgIpc) is 2.45. The zero-order chi connectivity index (χ0) is 17.1. The highest BCUT2D eigenvalue weighted by Gasteiger charge is 2.20. The van der Waals surface area contributed by atoms with Crippen molar-refractivity contribution in [2.75, 3.05) is 13.1 Å². The van der Waals surface area contributed by atoms with Crippen molar-refractivity contribution in [2.45, 2.75) is 27.2 Å². The van der Waals surface area contributed by atoms with E-state index in [2.05, 4.69) is 5.32 Å². The molecule has 0 fully saturated rings. The molecule has 0 unspecified atom stereocenters. The van der Waals surface area contributed by atoms with Crippen molar-refractivity contribution in [1.29, 1.82) is 5.41 Å². The van der Waals surface area contributed by atoms with Gasteiger partial charge in [0.05, 0.1) is 0 Å². The molecule has 5 heteroatoms. The minimum atomic E-state index is -0.820. The maximum Gasteiger partial charge on any atom is 0.266 e. The molecule has 23 heavy (non-hydrogen) atoms. The monoisotopic (exact) mass is 315 g/mol. The summed E-state index contributed by atoms with van der Waals surface area (Å²) in [5, 5.41) is 11.0. The van der Waals surface area contributed by atoms with Crippen LogP contribution in [-0.2, 0) is 4.79 Å². The van der Waals surface area contributed by atoms with Gasteiger partial charge in [0, 0.05) is 12.1 Å². The van der Waals surface area contributed by atoms with Crippen LogP contribution >= 0.6 is 0 Å². The third-order valence-corrected chi connectivity index (χ3v) is 4.04. The molecular weight excluding hydrogens is 293 g/mol. The predicted octanol–water partition coefficient (Wildman–Crippen LogP) is 2.64. The number of nitrogens with two attached hydrogens (primary N) is 1. The zero-order valence-corrected chi connectivity index (χ0v) is 13.7. The first-order valence-corrected chi connectivity index (χ1v) is 7.58. The van der Waals surface area contributed by atoms with Gasteiger partial charge in [-0.15, -0.1) is 0 Å². The van der Waals surface area contributed by atoms with Crippen LogP contribution in [0.4, 0.5) is 4.39 Å². The summed E-state index contributed by atoms with van der Waals surface area (Å²) in [6.45, 7) is 7.14. The molecule has 4 nitrogen and oxygen atoms in total. The Balaban J connectivity index is 2.69. The second kappa shape index (κ2) is 6.87.